The van der Waals surface area contributed by atoms with Gasteiger partial charge in [0.1, 0.15) is 17.2 Å². The first-order valence-electron chi connectivity index (χ1n) is 8.71. The summed E-state index contributed by atoms with van der Waals surface area (Å²) in [5.74, 6) is 1.03. The molecule has 27 heavy (non-hydrogen) atoms. The first kappa shape index (κ1) is 18.5. The molecule has 2 aromatic rings. The van der Waals surface area contributed by atoms with Gasteiger partial charge in [-0.1, -0.05) is 18.2 Å². The van der Waals surface area contributed by atoms with E-state index >= 15 is 0 Å². The van der Waals surface area contributed by atoms with E-state index < -0.39 is 5.97 Å². The lowest BCUT2D eigenvalue weighted by Gasteiger charge is -2.07. The van der Waals surface area contributed by atoms with Gasteiger partial charge in [-0.2, -0.15) is 0 Å². The predicted octanol–water partition coefficient (Wildman–Crippen LogP) is 3.64. The van der Waals surface area contributed by atoms with Crippen LogP contribution in [0.5, 0.6) is 17.2 Å². The number of ketones is 1. The van der Waals surface area contributed by atoms with Crippen molar-refractivity contribution in [1.82, 2.24) is 0 Å². The molecule has 0 radical (unpaired) electrons. The summed E-state index contributed by atoms with van der Waals surface area (Å²) < 4.78 is 21.5. The number of fused-ring (bicyclic) bond motifs is 1. The zero-order chi connectivity index (χ0) is 19.2. The van der Waals surface area contributed by atoms with Gasteiger partial charge in [0.05, 0.1) is 18.8 Å². The second-order valence-corrected chi connectivity index (χ2v) is 5.66. The van der Waals surface area contributed by atoms with Crippen LogP contribution in [0.2, 0.25) is 0 Å². The normalized spacial score (nSPS) is 13.9. The molecule has 2 aromatic carbocycles. The minimum atomic E-state index is -0.455. The van der Waals surface area contributed by atoms with Crippen LogP contribution in [0.25, 0.3) is 6.08 Å². The lowest BCUT2D eigenvalue weighted by Crippen LogP contribution is -2.14. The SMILES string of the molecule is CCOC(=O)COc1ccc2c(c1)OC(=Cc1ccccc1OCC)C2=O. The Morgan fingerprint density at radius 3 is 2.67 bits per heavy atom. The Bertz CT molecular complexity index is 884. The largest absolute Gasteiger partial charge is 0.493 e. The average Bonchev–Trinajstić information content (AvgIpc) is 2.97. The minimum absolute atomic E-state index is 0.203. The van der Waals surface area contributed by atoms with E-state index in [0.717, 1.165) is 5.56 Å². The maximum Gasteiger partial charge on any atom is 0.344 e. The van der Waals surface area contributed by atoms with Gasteiger partial charge in [0.15, 0.2) is 12.4 Å². The van der Waals surface area contributed by atoms with E-state index in [2.05, 4.69) is 0 Å². The fourth-order valence-corrected chi connectivity index (χ4v) is 2.63. The number of ether oxygens (including phenoxy) is 4. The van der Waals surface area contributed by atoms with Crippen molar-refractivity contribution in [3.05, 3.63) is 59.4 Å². The molecule has 0 unspecified atom stereocenters. The number of rotatable bonds is 7. The van der Waals surface area contributed by atoms with Crippen LogP contribution in [0, 0.1) is 0 Å². The molecule has 0 bridgehead atoms. The molecule has 0 atom stereocenters. The van der Waals surface area contributed by atoms with Crippen molar-refractivity contribution in [2.24, 2.45) is 0 Å². The number of benzene rings is 2. The van der Waals surface area contributed by atoms with Gasteiger partial charge < -0.3 is 18.9 Å². The van der Waals surface area contributed by atoms with E-state index in [1.807, 2.05) is 31.2 Å². The van der Waals surface area contributed by atoms with Crippen LogP contribution in [0.15, 0.2) is 48.2 Å². The number of allylic oxidation sites excluding steroid dienone is 1. The van der Waals surface area contributed by atoms with Gasteiger partial charge >= 0.3 is 5.97 Å². The topological polar surface area (TPSA) is 71.1 Å². The van der Waals surface area contributed by atoms with Crippen LogP contribution in [-0.4, -0.2) is 31.6 Å². The van der Waals surface area contributed by atoms with Gasteiger partial charge in [0.25, 0.3) is 0 Å². The molecule has 0 saturated carbocycles. The third-order valence-corrected chi connectivity index (χ3v) is 3.81. The Labute approximate surface area is 157 Å². The smallest absolute Gasteiger partial charge is 0.344 e. The van der Waals surface area contributed by atoms with Crippen molar-refractivity contribution in [2.75, 3.05) is 19.8 Å². The van der Waals surface area contributed by atoms with Crippen molar-refractivity contribution >= 4 is 17.8 Å². The third-order valence-electron chi connectivity index (χ3n) is 3.81. The fourth-order valence-electron chi connectivity index (χ4n) is 2.63. The van der Waals surface area contributed by atoms with Crippen molar-refractivity contribution in [1.29, 1.82) is 0 Å². The Morgan fingerprint density at radius 1 is 1.07 bits per heavy atom. The van der Waals surface area contributed by atoms with Crippen molar-refractivity contribution in [3.8, 4) is 17.2 Å². The van der Waals surface area contributed by atoms with Crippen molar-refractivity contribution in [3.63, 3.8) is 0 Å². The highest BCUT2D eigenvalue weighted by Gasteiger charge is 2.28. The minimum Gasteiger partial charge on any atom is -0.493 e. The highest BCUT2D eigenvalue weighted by Crippen LogP contribution is 2.35. The molecule has 1 aliphatic rings. The molecule has 0 aliphatic carbocycles. The van der Waals surface area contributed by atoms with Crippen LogP contribution >= 0.6 is 0 Å². The van der Waals surface area contributed by atoms with Gasteiger partial charge in [-0.25, -0.2) is 4.79 Å². The van der Waals surface area contributed by atoms with Crippen LogP contribution in [-0.2, 0) is 9.53 Å². The molecule has 0 N–H and O–H groups in total. The summed E-state index contributed by atoms with van der Waals surface area (Å²) in [6, 6.07) is 12.2. The zero-order valence-corrected chi connectivity index (χ0v) is 15.2. The van der Waals surface area contributed by atoms with Crippen molar-refractivity contribution in [2.45, 2.75) is 13.8 Å². The molecule has 6 nitrogen and oxygen atoms in total. The molecule has 0 saturated heterocycles. The lowest BCUT2D eigenvalue weighted by molar-refractivity contribution is -0.145. The van der Waals surface area contributed by atoms with Crippen LogP contribution < -0.4 is 14.2 Å². The molecule has 0 amide bonds. The highest BCUT2D eigenvalue weighted by atomic mass is 16.6. The number of hydrogen-bond acceptors (Lipinski definition) is 6. The van der Waals surface area contributed by atoms with Crippen LogP contribution in [0.3, 0.4) is 0 Å². The van der Waals surface area contributed by atoms with E-state index in [1.54, 1.807) is 31.2 Å². The average molecular weight is 368 g/mol. The van der Waals surface area contributed by atoms with E-state index in [4.69, 9.17) is 18.9 Å². The molecule has 0 fully saturated rings. The lowest BCUT2D eigenvalue weighted by atomic mass is 10.1. The molecule has 0 aromatic heterocycles. The van der Waals surface area contributed by atoms with Gasteiger partial charge in [-0.15, -0.1) is 0 Å². The highest BCUT2D eigenvalue weighted by molar-refractivity contribution is 6.14. The summed E-state index contributed by atoms with van der Waals surface area (Å²) >= 11 is 0. The summed E-state index contributed by atoms with van der Waals surface area (Å²) in [6.45, 7) is 4.24. The molecule has 1 aliphatic heterocycles. The Morgan fingerprint density at radius 2 is 1.89 bits per heavy atom. The second-order valence-electron chi connectivity index (χ2n) is 5.66. The standard InChI is InChI=1S/C21H20O6/c1-3-24-17-8-6-5-7-14(17)11-19-21(23)16-10-9-15(12-18(16)27-19)26-13-20(22)25-4-2/h5-12H,3-4,13H2,1-2H3. The monoisotopic (exact) mass is 368 g/mol. The third kappa shape index (κ3) is 4.28. The van der Waals surface area contributed by atoms with Gasteiger partial charge in [0.2, 0.25) is 5.78 Å². The molecular weight excluding hydrogens is 348 g/mol. The molecule has 6 heteroatoms. The first-order valence-corrected chi connectivity index (χ1v) is 8.71. The summed E-state index contributed by atoms with van der Waals surface area (Å²) in [7, 11) is 0. The molecule has 0 spiro atoms. The number of Topliss-reactive ketones (excluding diaryl/α,β-unsaturated/α-hetero) is 1. The van der Waals surface area contributed by atoms with E-state index in [9.17, 15) is 9.59 Å². The predicted molar refractivity (Wildman–Crippen MR) is 99.1 cm³/mol. The summed E-state index contributed by atoms with van der Waals surface area (Å²) in [5, 5.41) is 0. The number of carbonyl (C=O) groups is 2. The summed E-state index contributed by atoms with van der Waals surface area (Å²) in [6.07, 6.45) is 1.66. The molecule has 3 rings (SSSR count). The van der Waals surface area contributed by atoms with Gasteiger partial charge in [-0.05, 0) is 38.1 Å². The quantitative estimate of drug-likeness (QED) is 0.549. The number of carbonyl (C=O) groups excluding carboxylic acids is 2. The molecule has 1 heterocycles. The maximum atomic E-state index is 12.6. The number of esters is 1. The Balaban J connectivity index is 1.78. The van der Waals surface area contributed by atoms with Gasteiger partial charge in [-0.3, -0.25) is 4.79 Å². The van der Waals surface area contributed by atoms with Gasteiger partial charge in [0, 0.05) is 11.6 Å². The maximum absolute atomic E-state index is 12.6. The molecule has 140 valence electrons. The Kier molecular flexibility index (Phi) is 5.76. The van der Waals surface area contributed by atoms with Crippen LogP contribution in [0.4, 0.5) is 0 Å². The number of para-hydroxylation sites is 1. The van der Waals surface area contributed by atoms with E-state index in [-0.39, 0.29) is 18.1 Å². The second kappa shape index (κ2) is 8.40. The summed E-state index contributed by atoms with van der Waals surface area (Å²) in [5.41, 5.74) is 1.20. The summed E-state index contributed by atoms with van der Waals surface area (Å²) in [4.78, 5) is 24.0. The van der Waals surface area contributed by atoms with E-state index in [0.29, 0.717) is 36.0 Å². The molecular formula is C21H20O6. The fraction of sp³-hybridized carbons (Fsp3) is 0.238. The Hall–Kier alpha value is -3.28. The van der Waals surface area contributed by atoms with Crippen LogP contribution in [0.1, 0.15) is 29.8 Å². The van der Waals surface area contributed by atoms with Crippen molar-refractivity contribution < 1.29 is 28.5 Å². The number of hydrogen-bond donors (Lipinski definition) is 0. The first-order chi connectivity index (χ1) is 13.1. The zero-order valence-electron chi connectivity index (χ0n) is 15.2. The van der Waals surface area contributed by atoms with E-state index in [1.165, 1.54) is 0 Å².